The molecule has 0 bridgehead atoms. The van der Waals surface area contributed by atoms with Crippen LogP contribution in [0.3, 0.4) is 0 Å². The predicted octanol–water partition coefficient (Wildman–Crippen LogP) is 3.52. The first-order valence-electron chi connectivity index (χ1n) is 8.77. The minimum absolute atomic E-state index is 0.137. The van der Waals surface area contributed by atoms with Gasteiger partial charge in [-0.15, -0.1) is 0 Å². The lowest BCUT2D eigenvalue weighted by Gasteiger charge is -2.16. The van der Waals surface area contributed by atoms with Gasteiger partial charge in [0.05, 0.1) is 6.26 Å². The lowest BCUT2D eigenvalue weighted by molar-refractivity contribution is -0.117. The number of benzene rings is 1. The van der Waals surface area contributed by atoms with Crippen molar-refractivity contribution in [3.63, 3.8) is 0 Å². The fourth-order valence-electron chi connectivity index (χ4n) is 3.27. The Kier molecular flexibility index (Phi) is 3.97. The number of carbonyl (C=O) groups is 1. The van der Waals surface area contributed by atoms with E-state index in [9.17, 15) is 13.6 Å². The molecule has 1 fully saturated rings. The Morgan fingerprint density at radius 3 is 2.86 bits per heavy atom. The highest BCUT2D eigenvalue weighted by molar-refractivity contribution is 5.96. The molecular weight excluding hydrogens is 384 g/mol. The molecule has 0 spiro atoms. The van der Waals surface area contributed by atoms with Gasteiger partial charge in [-0.05, 0) is 24.3 Å². The van der Waals surface area contributed by atoms with Crippen molar-refractivity contribution in [3.8, 4) is 23.0 Å². The Hall–Kier alpha value is -3.82. The number of nitrogens with one attached hydrogen (secondary N) is 1. The number of rotatable bonds is 4. The van der Waals surface area contributed by atoms with Crippen LogP contribution in [0.25, 0.3) is 23.0 Å². The molecule has 1 amide bonds. The zero-order valence-electron chi connectivity index (χ0n) is 14.8. The summed E-state index contributed by atoms with van der Waals surface area (Å²) in [6, 6.07) is 8.59. The first kappa shape index (κ1) is 17.3. The molecule has 10 heteroatoms. The van der Waals surface area contributed by atoms with Gasteiger partial charge in [0.15, 0.2) is 23.2 Å². The van der Waals surface area contributed by atoms with E-state index in [-0.39, 0.29) is 36.4 Å². The summed E-state index contributed by atoms with van der Waals surface area (Å²) in [4.78, 5) is 18.1. The van der Waals surface area contributed by atoms with Crippen molar-refractivity contribution in [3.05, 3.63) is 60.1 Å². The summed E-state index contributed by atoms with van der Waals surface area (Å²) in [6.07, 6.45) is 1.68. The molecule has 0 radical (unpaired) electrons. The van der Waals surface area contributed by atoms with Crippen molar-refractivity contribution < 1.29 is 22.5 Å². The van der Waals surface area contributed by atoms with Crippen LogP contribution < -0.4 is 4.90 Å². The van der Waals surface area contributed by atoms with Gasteiger partial charge < -0.3 is 13.8 Å². The van der Waals surface area contributed by atoms with E-state index in [4.69, 9.17) is 8.94 Å². The minimum Gasteiger partial charge on any atom is -0.463 e. The van der Waals surface area contributed by atoms with Crippen LogP contribution in [0.15, 0.2) is 51.6 Å². The summed E-state index contributed by atoms with van der Waals surface area (Å²) in [5.41, 5.74) is 1.39. The molecule has 1 aliphatic rings. The average molecular weight is 397 g/mol. The Labute approximate surface area is 162 Å². The smallest absolute Gasteiger partial charge is 0.275 e. The number of carbonyl (C=O) groups excluding carboxylic acids is 1. The molecule has 1 saturated heterocycles. The highest BCUT2D eigenvalue weighted by Gasteiger charge is 2.35. The zero-order valence-corrected chi connectivity index (χ0v) is 14.8. The van der Waals surface area contributed by atoms with Crippen LogP contribution in [-0.2, 0) is 4.79 Å². The summed E-state index contributed by atoms with van der Waals surface area (Å²) < 4.78 is 37.3. The maximum Gasteiger partial charge on any atom is 0.275 e. The third-order valence-electron chi connectivity index (χ3n) is 4.73. The third-order valence-corrected chi connectivity index (χ3v) is 4.73. The molecule has 1 aliphatic heterocycles. The van der Waals surface area contributed by atoms with Crippen molar-refractivity contribution in [2.45, 2.75) is 12.3 Å². The van der Waals surface area contributed by atoms with Crippen molar-refractivity contribution in [1.29, 1.82) is 0 Å². The van der Waals surface area contributed by atoms with Crippen LogP contribution in [0.5, 0.6) is 0 Å². The maximum absolute atomic E-state index is 13.5. The number of aromatic nitrogens is 4. The van der Waals surface area contributed by atoms with Crippen LogP contribution in [0, 0.1) is 11.6 Å². The number of nitrogens with zero attached hydrogens (tertiary/aromatic N) is 4. The van der Waals surface area contributed by atoms with Crippen molar-refractivity contribution in [2.75, 3.05) is 11.4 Å². The predicted molar refractivity (Wildman–Crippen MR) is 95.7 cm³/mol. The van der Waals surface area contributed by atoms with Gasteiger partial charge in [-0.3, -0.25) is 9.89 Å². The number of aromatic amines is 1. The molecule has 1 N–H and O–H groups in total. The Morgan fingerprint density at radius 1 is 1.17 bits per heavy atom. The average Bonchev–Trinajstić information content (AvgIpc) is 3.49. The largest absolute Gasteiger partial charge is 0.463 e. The quantitative estimate of drug-likeness (QED) is 0.565. The number of hydrogen-bond acceptors (Lipinski definition) is 6. The molecule has 1 aromatic carbocycles. The Balaban J connectivity index is 1.36. The molecule has 5 rings (SSSR count). The van der Waals surface area contributed by atoms with Gasteiger partial charge >= 0.3 is 0 Å². The van der Waals surface area contributed by atoms with Crippen LogP contribution in [0.1, 0.15) is 18.2 Å². The lowest BCUT2D eigenvalue weighted by Crippen LogP contribution is -2.24. The zero-order chi connectivity index (χ0) is 20.0. The standard InChI is InChI=1S/C19H13F2N5O3/c20-12-4-3-11(7-13(12)21)26-9-10(6-17(26)27)18-22-19(29-25-18)15-8-14(23-24-15)16-2-1-5-28-16/h1-5,7-8,10H,6,9H2,(H,23,24). The van der Waals surface area contributed by atoms with E-state index in [1.165, 1.54) is 11.0 Å². The number of amides is 1. The number of furan rings is 1. The van der Waals surface area contributed by atoms with E-state index in [1.807, 2.05) is 0 Å². The van der Waals surface area contributed by atoms with Crippen LogP contribution in [0.2, 0.25) is 0 Å². The van der Waals surface area contributed by atoms with E-state index < -0.39 is 11.6 Å². The van der Waals surface area contributed by atoms with Gasteiger partial charge in [0.2, 0.25) is 5.91 Å². The summed E-state index contributed by atoms with van der Waals surface area (Å²) in [5, 5.41) is 10.9. The fraction of sp³-hybridized carbons (Fsp3) is 0.158. The van der Waals surface area contributed by atoms with E-state index in [0.29, 0.717) is 23.0 Å². The second-order valence-electron chi connectivity index (χ2n) is 6.61. The molecule has 0 saturated carbocycles. The molecule has 3 aromatic heterocycles. The summed E-state index contributed by atoms with van der Waals surface area (Å²) in [6.45, 7) is 0.240. The summed E-state index contributed by atoms with van der Waals surface area (Å²) >= 11 is 0. The second kappa shape index (κ2) is 6.66. The third kappa shape index (κ3) is 3.08. The van der Waals surface area contributed by atoms with Gasteiger partial charge in [-0.25, -0.2) is 8.78 Å². The molecule has 4 heterocycles. The highest BCUT2D eigenvalue weighted by Crippen LogP contribution is 2.32. The Morgan fingerprint density at radius 2 is 2.07 bits per heavy atom. The SMILES string of the molecule is O=C1CC(c2noc(-c3cc(-c4ccco4)n[nH]3)n2)CN1c1ccc(F)c(F)c1. The molecule has 0 aliphatic carbocycles. The topological polar surface area (TPSA) is 101 Å². The summed E-state index contributed by atoms with van der Waals surface area (Å²) in [5.74, 6) is -1.36. The molecule has 1 unspecified atom stereocenters. The van der Waals surface area contributed by atoms with Gasteiger partial charge in [0.1, 0.15) is 11.4 Å². The number of anilines is 1. The minimum atomic E-state index is -1.01. The monoisotopic (exact) mass is 397 g/mol. The molecule has 8 nitrogen and oxygen atoms in total. The van der Waals surface area contributed by atoms with E-state index in [2.05, 4.69) is 20.3 Å². The maximum atomic E-state index is 13.5. The molecular formula is C19H13F2N5O3. The summed E-state index contributed by atoms with van der Waals surface area (Å²) in [7, 11) is 0. The van der Waals surface area contributed by atoms with Crippen molar-refractivity contribution in [2.24, 2.45) is 0 Å². The Bertz CT molecular complexity index is 1180. The highest BCUT2D eigenvalue weighted by atomic mass is 19.2. The number of hydrogen-bond donors (Lipinski definition) is 1. The first-order valence-corrected chi connectivity index (χ1v) is 8.77. The second-order valence-corrected chi connectivity index (χ2v) is 6.61. The molecule has 146 valence electrons. The van der Waals surface area contributed by atoms with Gasteiger partial charge in [-0.2, -0.15) is 10.1 Å². The van der Waals surface area contributed by atoms with Crippen LogP contribution in [-0.4, -0.2) is 32.8 Å². The number of halogens is 2. The van der Waals surface area contributed by atoms with Crippen LogP contribution in [0.4, 0.5) is 14.5 Å². The van der Waals surface area contributed by atoms with E-state index in [0.717, 1.165) is 12.1 Å². The molecule has 1 atom stereocenters. The van der Waals surface area contributed by atoms with Crippen LogP contribution >= 0.6 is 0 Å². The van der Waals surface area contributed by atoms with Crippen molar-refractivity contribution >= 4 is 11.6 Å². The van der Waals surface area contributed by atoms with E-state index >= 15 is 0 Å². The molecule has 29 heavy (non-hydrogen) atoms. The van der Waals surface area contributed by atoms with Crippen molar-refractivity contribution in [1.82, 2.24) is 20.3 Å². The van der Waals surface area contributed by atoms with Gasteiger partial charge in [-0.1, -0.05) is 5.16 Å². The normalized spacial score (nSPS) is 16.7. The van der Waals surface area contributed by atoms with Gasteiger partial charge in [0.25, 0.3) is 5.89 Å². The molecule has 4 aromatic rings. The number of H-pyrrole nitrogens is 1. The van der Waals surface area contributed by atoms with E-state index in [1.54, 1.807) is 24.5 Å². The fourth-order valence-corrected chi connectivity index (χ4v) is 3.27. The lowest BCUT2D eigenvalue weighted by atomic mass is 10.1. The van der Waals surface area contributed by atoms with Gasteiger partial charge in [0, 0.05) is 36.7 Å². The first-order chi connectivity index (χ1) is 14.1.